The zero-order valence-corrected chi connectivity index (χ0v) is 11.9. The molecule has 18 heavy (non-hydrogen) atoms. The van der Waals surface area contributed by atoms with Crippen molar-refractivity contribution in [2.75, 3.05) is 25.0 Å². The lowest BCUT2D eigenvalue weighted by atomic mass is 10.0. The SMILES string of the molecule is CCCN1CCC(Nc2cn(C)nc2CC)CC1. The van der Waals surface area contributed by atoms with Crippen LogP contribution in [-0.4, -0.2) is 40.4 Å². The summed E-state index contributed by atoms with van der Waals surface area (Å²) in [6.45, 7) is 8.13. The Labute approximate surface area is 110 Å². The fraction of sp³-hybridized carbons (Fsp3) is 0.786. The van der Waals surface area contributed by atoms with Gasteiger partial charge in [0.1, 0.15) is 0 Å². The van der Waals surface area contributed by atoms with Crippen molar-refractivity contribution in [3.05, 3.63) is 11.9 Å². The van der Waals surface area contributed by atoms with E-state index in [0.29, 0.717) is 6.04 Å². The quantitative estimate of drug-likeness (QED) is 0.870. The molecule has 0 atom stereocenters. The van der Waals surface area contributed by atoms with Gasteiger partial charge in [0.15, 0.2) is 0 Å². The van der Waals surface area contributed by atoms with Crippen molar-refractivity contribution in [1.29, 1.82) is 0 Å². The van der Waals surface area contributed by atoms with Gasteiger partial charge < -0.3 is 10.2 Å². The maximum atomic E-state index is 4.48. The normalized spacial score (nSPS) is 18.2. The average Bonchev–Trinajstić information content (AvgIpc) is 2.72. The molecule has 1 saturated heterocycles. The number of nitrogens with zero attached hydrogens (tertiary/aromatic N) is 3. The van der Waals surface area contributed by atoms with Gasteiger partial charge in [0.05, 0.1) is 11.4 Å². The number of piperidine rings is 1. The Balaban J connectivity index is 1.87. The molecule has 1 fully saturated rings. The van der Waals surface area contributed by atoms with Gasteiger partial charge in [0.2, 0.25) is 0 Å². The summed E-state index contributed by atoms with van der Waals surface area (Å²) in [6.07, 6.45) is 6.87. The molecule has 2 rings (SSSR count). The van der Waals surface area contributed by atoms with Crippen LogP contribution in [0.3, 0.4) is 0 Å². The fourth-order valence-corrected chi connectivity index (χ4v) is 2.75. The van der Waals surface area contributed by atoms with E-state index in [2.05, 4.69) is 35.4 Å². The van der Waals surface area contributed by atoms with E-state index in [0.717, 1.165) is 6.42 Å². The first-order valence-corrected chi connectivity index (χ1v) is 7.24. The molecule has 0 unspecified atom stereocenters. The minimum Gasteiger partial charge on any atom is -0.379 e. The van der Waals surface area contributed by atoms with E-state index in [1.54, 1.807) is 0 Å². The standard InChI is InChI=1S/C14H26N4/c1-4-8-18-9-6-12(7-10-18)15-14-11-17(3)16-13(14)5-2/h11-12,15H,4-10H2,1-3H3. The maximum Gasteiger partial charge on any atom is 0.0853 e. The molecule has 0 bridgehead atoms. The fourth-order valence-electron chi connectivity index (χ4n) is 2.75. The summed E-state index contributed by atoms with van der Waals surface area (Å²) in [4.78, 5) is 2.57. The highest BCUT2D eigenvalue weighted by molar-refractivity contribution is 5.47. The first-order chi connectivity index (χ1) is 8.72. The van der Waals surface area contributed by atoms with Gasteiger partial charge in [-0.05, 0) is 32.2 Å². The molecule has 1 aromatic rings. The summed E-state index contributed by atoms with van der Waals surface area (Å²) >= 11 is 0. The highest BCUT2D eigenvalue weighted by atomic mass is 15.3. The molecule has 0 saturated carbocycles. The van der Waals surface area contributed by atoms with Gasteiger partial charge in [-0.25, -0.2) is 0 Å². The van der Waals surface area contributed by atoms with Gasteiger partial charge in [-0.1, -0.05) is 13.8 Å². The van der Waals surface area contributed by atoms with Crippen molar-refractivity contribution in [2.45, 2.75) is 45.6 Å². The monoisotopic (exact) mass is 250 g/mol. The number of aromatic nitrogens is 2. The third-order valence-corrected chi connectivity index (χ3v) is 3.73. The highest BCUT2D eigenvalue weighted by Gasteiger charge is 2.19. The van der Waals surface area contributed by atoms with E-state index >= 15 is 0 Å². The largest absolute Gasteiger partial charge is 0.379 e. The lowest BCUT2D eigenvalue weighted by molar-refractivity contribution is 0.219. The van der Waals surface area contributed by atoms with Crippen molar-refractivity contribution >= 4 is 5.69 Å². The second-order valence-corrected chi connectivity index (χ2v) is 5.28. The van der Waals surface area contributed by atoms with E-state index in [9.17, 15) is 0 Å². The Morgan fingerprint density at radius 1 is 1.33 bits per heavy atom. The molecule has 1 N–H and O–H groups in total. The second-order valence-electron chi connectivity index (χ2n) is 5.28. The zero-order valence-electron chi connectivity index (χ0n) is 11.9. The van der Waals surface area contributed by atoms with Gasteiger partial charge in [-0.3, -0.25) is 4.68 Å². The topological polar surface area (TPSA) is 33.1 Å². The Hall–Kier alpha value is -1.03. The summed E-state index contributed by atoms with van der Waals surface area (Å²) in [6, 6.07) is 0.618. The van der Waals surface area contributed by atoms with E-state index in [1.807, 2.05) is 11.7 Å². The predicted molar refractivity (Wildman–Crippen MR) is 76.0 cm³/mol. The van der Waals surface area contributed by atoms with Gasteiger partial charge >= 0.3 is 0 Å². The van der Waals surface area contributed by atoms with Crippen molar-refractivity contribution in [3.63, 3.8) is 0 Å². The first kappa shape index (κ1) is 13.4. The van der Waals surface area contributed by atoms with Crippen LogP contribution in [0.2, 0.25) is 0 Å². The van der Waals surface area contributed by atoms with Crippen LogP contribution in [0.5, 0.6) is 0 Å². The summed E-state index contributed by atoms with van der Waals surface area (Å²) < 4.78 is 1.91. The van der Waals surface area contributed by atoms with E-state index < -0.39 is 0 Å². The Bertz CT molecular complexity index is 364. The third-order valence-electron chi connectivity index (χ3n) is 3.73. The van der Waals surface area contributed by atoms with Crippen LogP contribution in [0, 0.1) is 0 Å². The minimum atomic E-state index is 0.618. The van der Waals surface area contributed by atoms with E-state index in [1.165, 1.54) is 50.3 Å². The van der Waals surface area contributed by atoms with Gasteiger partial charge in [0.25, 0.3) is 0 Å². The summed E-state index contributed by atoms with van der Waals surface area (Å²) in [5, 5.41) is 8.16. The van der Waals surface area contributed by atoms with Crippen LogP contribution < -0.4 is 5.32 Å². The second kappa shape index (κ2) is 6.23. The van der Waals surface area contributed by atoms with E-state index in [4.69, 9.17) is 0 Å². The number of hydrogen-bond donors (Lipinski definition) is 1. The molecule has 1 aromatic heterocycles. The van der Waals surface area contributed by atoms with Crippen LogP contribution in [0.15, 0.2) is 6.20 Å². The van der Waals surface area contributed by atoms with Gasteiger partial charge in [-0.2, -0.15) is 5.10 Å². The van der Waals surface area contributed by atoms with Crippen molar-refractivity contribution < 1.29 is 0 Å². The smallest absolute Gasteiger partial charge is 0.0853 e. The average molecular weight is 250 g/mol. The van der Waals surface area contributed by atoms with Crippen molar-refractivity contribution in [3.8, 4) is 0 Å². The Kier molecular flexibility index (Phi) is 4.64. The molecule has 4 heteroatoms. The molecule has 0 aliphatic carbocycles. The molecule has 1 aliphatic heterocycles. The Morgan fingerprint density at radius 2 is 2.06 bits per heavy atom. The third kappa shape index (κ3) is 3.25. The summed E-state index contributed by atoms with van der Waals surface area (Å²) in [5.41, 5.74) is 2.42. The minimum absolute atomic E-state index is 0.618. The zero-order chi connectivity index (χ0) is 13.0. The molecular formula is C14H26N4. The first-order valence-electron chi connectivity index (χ1n) is 7.24. The molecule has 0 spiro atoms. The van der Waals surface area contributed by atoms with Gasteiger partial charge in [-0.15, -0.1) is 0 Å². The number of hydrogen-bond acceptors (Lipinski definition) is 3. The van der Waals surface area contributed by atoms with Crippen molar-refractivity contribution in [2.24, 2.45) is 7.05 Å². The van der Waals surface area contributed by atoms with Crippen LogP contribution >= 0.6 is 0 Å². The van der Waals surface area contributed by atoms with E-state index in [-0.39, 0.29) is 0 Å². The van der Waals surface area contributed by atoms with Crippen LogP contribution in [0.1, 0.15) is 38.8 Å². The molecule has 0 amide bonds. The molecule has 1 aliphatic rings. The lowest BCUT2D eigenvalue weighted by Gasteiger charge is -2.32. The molecule has 0 aromatic carbocycles. The number of anilines is 1. The van der Waals surface area contributed by atoms with Gasteiger partial charge in [0, 0.05) is 32.4 Å². The number of nitrogens with one attached hydrogen (secondary N) is 1. The molecule has 2 heterocycles. The van der Waals surface area contributed by atoms with Crippen LogP contribution in [0.25, 0.3) is 0 Å². The molecule has 0 radical (unpaired) electrons. The number of rotatable bonds is 5. The molecule has 4 nitrogen and oxygen atoms in total. The summed E-state index contributed by atoms with van der Waals surface area (Å²) in [7, 11) is 1.99. The van der Waals surface area contributed by atoms with Crippen molar-refractivity contribution in [1.82, 2.24) is 14.7 Å². The molecular weight excluding hydrogens is 224 g/mol. The maximum absolute atomic E-state index is 4.48. The highest BCUT2D eigenvalue weighted by Crippen LogP contribution is 2.19. The molecule has 102 valence electrons. The lowest BCUT2D eigenvalue weighted by Crippen LogP contribution is -2.39. The summed E-state index contributed by atoms with van der Waals surface area (Å²) in [5.74, 6) is 0. The van der Waals surface area contributed by atoms with Crippen LogP contribution in [0.4, 0.5) is 5.69 Å². The number of likely N-dealkylation sites (tertiary alicyclic amines) is 1. The Morgan fingerprint density at radius 3 is 2.67 bits per heavy atom. The number of aryl methyl sites for hydroxylation is 2. The predicted octanol–water partition coefficient (Wildman–Crippen LogP) is 2.27. The van der Waals surface area contributed by atoms with Crippen LogP contribution in [-0.2, 0) is 13.5 Å².